The lowest BCUT2D eigenvalue weighted by atomic mass is 9.96. The normalized spacial score (nSPS) is 28.5. The number of hydrazone groups is 1. The highest BCUT2D eigenvalue weighted by atomic mass is 16.2. The Morgan fingerprint density at radius 3 is 2.85 bits per heavy atom. The van der Waals surface area contributed by atoms with Crippen LogP contribution in [0.4, 0.5) is 0 Å². The first-order valence-corrected chi connectivity index (χ1v) is 7.37. The van der Waals surface area contributed by atoms with Crippen molar-refractivity contribution in [3.63, 3.8) is 0 Å². The molecule has 0 unspecified atom stereocenters. The van der Waals surface area contributed by atoms with Gasteiger partial charge in [0.25, 0.3) is 0 Å². The Bertz CT molecular complexity index is 521. The maximum absolute atomic E-state index is 12.0. The summed E-state index contributed by atoms with van der Waals surface area (Å²) in [5.74, 6) is 1.01. The molecule has 3 heteroatoms. The second kappa shape index (κ2) is 6.04. The van der Waals surface area contributed by atoms with E-state index < -0.39 is 0 Å². The summed E-state index contributed by atoms with van der Waals surface area (Å²) >= 11 is 0. The van der Waals surface area contributed by atoms with Gasteiger partial charge < -0.3 is 0 Å². The van der Waals surface area contributed by atoms with Crippen LogP contribution in [0.5, 0.6) is 0 Å². The van der Waals surface area contributed by atoms with Crippen molar-refractivity contribution >= 4 is 12.1 Å². The lowest BCUT2D eigenvalue weighted by Crippen LogP contribution is -2.21. The first-order valence-electron chi connectivity index (χ1n) is 7.37. The molecule has 3 rings (SSSR count). The number of allylic oxidation sites excluding steroid dienone is 2. The number of rotatable bonds is 4. The summed E-state index contributed by atoms with van der Waals surface area (Å²) in [5, 5.41) is 4.13. The molecule has 1 N–H and O–H groups in total. The maximum Gasteiger partial charge on any atom is 0.243 e. The van der Waals surface area contributed by atoms with Crippen LogP contribution in [0.2, 0.25) is 0 Å². The molecule has 3 nitrogen and oxygen atoms in total. The highest BCUT2D eigenvalue weighted by Crippen LogP contribution is 2.47. The average molecular weight is 268 g/mol. The van der Waals surface area contributed by atoms with Gasteiger partial charge in [0.15, 0.2) is 0 Å². The van der Waals surface area contributed by atoms with Gasteiger partial charge >= 0.3 is 0 Å². The number of hydrogen-bond acceptors (Lipinski definition) is 2. The van der Waals surface area contributed by atoms with Gasteiger partial charge in [-0.15, -0.1) is 0 Å². The summed E-state index contributed by atoms with van der Waals surface area (Å²) in [7, 11) is 0. The summed E-state index contributed by atoms with van der Waals surface area (Å²) in [5.41, 5.74) is 3.96. The predicted molar refractivity (Wildman–Crippen MR) is 80.4 cm³/mol. The van der Waals surface area contributed by atoms with Crippen LogP contribution in [0.3, 0.4) is 0 Å². The van der Waals surface area contributed by atoms with Gasteiger partial charge in [-0.2, -0.15) is 5.10 Å². The molecule has 1 fully saturated rings. The van der Waals surface area contributed by atoms with Crippen LogP contribution in [0, 0.1) is 11.8 Å². The number of amides is 1. The van der Waals surface area contributed by atoms with Crippen LogP contribution in [0.1, 0.15) is 37.2 Å². The van der Waals surface area contributed by atoms with E-state index in [0.717, 1.165) is 25.7 Å². The number of benzene rings is 1. The molecule has 1 amide bonds. The standard InChI is InChI=1S/C17H20N2O/c20-17(19-18-12-13-7-3-1-4-8-13)16-11-15(16)14-9-5-2-6-10-14/h1-3,5-6,9-10,12-13,15-16H,4,7-8,11H2,(H,19,20)/b18-12-/t13-,15+,16+/m1/s1. The molecule has 20 heavy (non-hydrogen) atoms. The van der Waals surface area contributed by atoms with Crippen molar-refractivity contribution in [3.8, 4) is 0 Å². The molecule has 1 aromatic rings. The zero-order chi connectivity index (χ0) is 13.8. The minimum absolute atomic E-state index is 0.0569. The second-order valence-electron chi connectivity index (χ2n) is 5.66. The summed E-state index contributed by atoms with van der Waals surface area (Å²) in [6.07, 6.45) is 10.5. The van der Waals surface area contributed by atoms with Crippen LogP contribution in [-0.4, -0.2) is 12.1 Å². The molecule has 0 radical (unpaired) electrons. The van der Waals surface area contributed by atoms with Crippen LogP contribution in [-0.2, 0) is 4.79 Å². The Morgan fingerprint density at radius 1 is 1.25 bits per heavy atom. The minimum Gasteiger partial charge on any atom is -0.273 e. The average Bonchev–Trinajstić information content (AvgIpc) is 3.30. The van der Waals surface area contributed by atoms with Crippen molar-refractivity contribution in [2.24, 2.45) is 16.9 Å². The third-order valence-corrected chi connectivity index (χ3v) is 4.12. The molecule has 0 bridgehead atoms. The highest BCUT2D eigenvalue weighted by molar-refractivity contribution is 5.83. The lowest BCUT2D eigenvalue weighted by molar-refractivity contribution is -0.122. The third kappa shape index (κ3) is 3.16. The van der Waals surface area contributed by atoms with Crippen molar-refractivity contribution in [1.29, 1.82) is 0 Å². The fourth-order valence-corrected chi connectivity index (χ4v) is 2.80. The zero-order valence-electron chi connectivity index (χ0n) is 11.5. The lowest BCUT2D eigenvalue weighted by Gasteiger charge is -2.11. The van der Waals surface area contributed by atoms with E-state index in [-0.39, 0.29) is 11.8 Å². The van der Waals surface area contributed by atoms with Crippen LogP contribution >= 0.6 is 0 Å². The second-order valence-corrected chi connectivity index (χ2v) is 5.66. The number of hydrogen-bond donors (Lipinski definition) is 1. The Balaban J connectivity index is 1.47. The molecule has 0 aromatic heterocycles. The van der Waals surface area contributed by atoms with Crippen LogP contribution < -0.4 is 5.43 Å². The van der Waals surface area contributed by atoms with Gasteiger partial charge in [0, 0.05) is 12.1 Å². The Hall–Kier alpha value is -1.90. The molecule has 0 heterocycles. The van der Waals surface area contributed by atoms with Crippen molar-refractivity contribution in [2.45, 2.75) is 31.6 Å². The van der Waals surface area contributed by atoms with E-state index in [0.29, 0.717) is 11.8 Å². The predicted octanol–water partition coefficient (Wildman–Crippen LogP) is 3.25. The van der Waals surface area contributed by atoms with Gasteiger partial charge in [-0.05, 0) is 43.1 Å². The number of carbonyl (C=O) groups excluding carboxylic acids is 1. The van der Waals surface area contributed by atoms with Gasteiger partial charge in [0.2, 0.25) is 5.91 Å². The van der Waals surface area contributed by atoms with Gasteiger partial charge in [-0.25, -0.2) is 5.43 Å². The van der Waals surface area contributed by atoms with Crippen molar-refractivity contribution in [3.05, 3.63) is 48.0 Å². The van der Waals surface area contributed by atoms with E-state index in [4.69, 9.17) is 0 Å². The van der Waals surface area contributed by atoms with Crippen LogP contribution in [0.15, 0.2) is 47.6 Å². The molecule has 1 aromatic carbocycles. The fourth-order valence-electron chi connectivity index (χ4n) is 2.80. The molecule has 3 atom stereocenters. The summed E-state index contributed by atoms with van der Waals surface area (Å²) in [6, 6.07) is 10.2. The molecule has 0 saturated heterocycles. The van der Waals surface area contributed by atoms with Gasteiger partial charge in [-0.3, -0.25) is 4.79 Å². The van der Waals surface area contributed by atoms with E-state index in [1.807, 2.05) is 24.4 Å². The van der Waals surface area contributed by atoms with Gasteiger partial charge in [0.1, 0.15) is 0 Å². The number of carbonyl (C=O) groups is 1. The Labute approximate surface area is 119 Å². The Kier molecular flexibility index (Phi) is 3.95. The maximum atomic E-state index is 12.0. The van der Waals surface area contributed by atoms with Crippen molar-refractivity contribution in [1.82, 2.24) is 5.43 Å². The monoisotopic (exact) mass is 268 g/mol. The van der Waals surface area contributed by atoms with E-state index in [9.17, 15) is 4.79 Å². The van der Waals surface area contributed by atoms with Crippen LogP contribution in [0.25, 0.3) is 0 Å². The molecule has 104 valence electrons. The first-order chi connectivity index (χ1) is 9.84. The molecule has 2 aliphatic carbocycles. The summed E-state index contributed by atoms with van der Waals surface area (Å²) in [4.78, 5) is 12.0. The molecule has 1 saturated carbocycles. The van der Waals surface area contributed by atoms with E-state index in [1.54, 1.807) is 0 Å². The smallest absolute Gasteiger partial charge is 0.243 e. The SMILES string of the molecule is O=C(N/N=C\[C@@H]1CC=CCC1)[C@H]1C[C@H]1c1ccccc1. The first kappa shape index (κ1) is 13.1. The van der Waals surface area contributed by atoms with Crippen molar-refractivity contribution in [2.75, 3.05) is 0 Å². The fraction of sp³-hybridized carbons (Fsp3) is 0.412. The van der Waals surface area contributed by atoms with E-state index >= 15 is 0 Å². The topological polar surface area (TPSA) is 41.5 Å². The van der Waals surface area contributed by atoms with Gasteiger partial charge in [0.05, 0.1) is 0 Å². The van der Waals surface area contributed by atoms with E-state index in [1.165, 1.54) is 5.56 Å². The molecular formula is C17H20N2O. The zero-order valence-corrected chi connectivity index (χ0v) is 11.5. The van der Waals surface area contributed by atoms with Crippen molar-refractivity contribution < 1.29 is 4.79 Å². The summed E-state index contributed by atoms with van der Waals surface area (Å²) in [6.45, 7) is 0. The third-order valence-electron chi connectivity index (χ3n) is 4.12. The molecule has 0 spiro atoms. The number of nitrogens with one attached hydrogen (secondary N) is 1. The Morgan fingerprint density at radius 2 is 2.10 bits per heavy atom. The molecule has 0 aliphatic heterocycles. The molecule has 2 aliphatic rings. The molecular weight excluding hydrogens is 248 g/mol. The number of nitrogens with zero attached hydrogens (tertiary/aromatic N) is 1. The summed E-state index contributed by atoms with van der Waals surface area (Å²) < 4.78 is 0. The quantitative estimate of drug-likeness (QED) is 0.508. The minimum atomic E-state index is 0.0569. The highest BCUT2D eigenvalue weighted by Gasteiger charge is 2.43. The largest absolute Gasteiger partial charge is 0.273 e. The van der Waals surface area contributed by atoms with E-state index in [2.05, 4.69) is 34.8 Å². The van der Waals surface area contributed by atoms with Gasteiger partial charge in [-0.1, -0.05) is 42.5 Å².